The Morgan fingerprint density at radius 2 is 2.21 bits per heavy atom. The van der Waals surface area contributed by atoms with Crippen LogP contribution in [0.1, 0.15) is 24.8 Å². The lowest BCUT2D eigenvalue weighted by Gasteiger charge is -2.04. The molecule has 0 aliphatic rings. The molecule has 1 aromatic heterocycles. The summed E-state index contributed by atoms with van der Waals surface area (Å²) in [4.78, 5) is 15.0. The standard InChI is InChI=1S/C10H16N2OS/c1-9-7-11-10(13)12(8-9)5-3-2-4-6-14/h7-8,14H,2-6H2,1H3. The molecule has 0 aliphatic carbocycles. The fourth-order valence-electron chi connectivity index (χ4n) is 1.30. The summed E-state index contributed by atoms with van der Waals surface area (Å²) in [6, 6.07) is 0. The van der Waals surface area contributed by atoms with Crippen molar-refractivity contribution in [3.8, 4) is 0 Å². The van der Waals surface area contributed by atoms with E-state index in [1.807, 2.05) is 13.1 Å². The largest absolute Gasteiger partial charge is 0.347 e. The van der Waals surface area contributed by atoms with Crippen molar-refractivity contribution in [1.82, 2.24) is 9.55 Å². The molecule has 0 saturated heterocycles. The fraction of sp³-hybridized carbons (Fsp3) is 0.600. The molecule has 0 radical (unpaired) electrons. The number of hydrogen-bond donors (Lipinski definition) is 1. The van der Waals surface area contributed by atoms with Gasteiger partial charge in [0.05, 0.1) is 0 Å². The van der Waals surface area contributed by atoms with Gasteiger partial charge in [0.15, 0.2) is 0 Å². The molecule has 0 saturated carbocycles. The van der Waals surface area contributed by atoms with Crippen LogP contribution in [0.25, 0.3) is 0 Å². The van der Waals surface area contributed by atoms with Crippen LogP contribution in [0.2, 0.25) is 0 Å². The topological polar surface area (TPSA) is 34.9 Å². The molecule has 0 spiro atoms. The van der Waals surface area contributed by atoms with Crippen LogP contribution in [0.15, 0.2) is 17.2 Å². The van der Waals surface area contributed by atoms with Crippen LogP contribution in [0.5, 0.6) is 0 Å². The summed E-state index contributed by atoms with van der Waals surface area (Å²) >= 11 is 4.14. The molecule has 1 rings (SSSR count). The molecule has 1 aromatic rings. The second-order valence-corrected chi connectivity index (χ2v) is 3.84. The van der Waals surface area contributed by atoms with E-state index in [1.54, 1.807) is 10.8 Å². The van der Waals surface area contributed by atoms with E-state index in [4.69, 9.17) is 0 Å². The molecule has 0 unspecified atom stereocenters. The van der Waals surface area contributed by atoms with Crippen molar-refractivity contribution in [1.29, 1.82) is 0 Å². The second kappa shape index (κ2) is 5.86. The Balaban J connectivity index is 2.49. The predicted octanol–water partition coefficient (Wildman–Crippen LogP) is 1.65. The first-order valence-electron chi connectivity index (χ1n) is 4.88. The Morgan fingerprint density at radius 1 is 1.43 bits per heavy atom. The summed E-state index contributed by atoms with van der Waals surface area (Å²) in [7, 11) is 0. The zero-order chi connectivity index (χ0) is 10.4. The van der Waals surface area contributed by atoms with Crippen molar-refractivity contribution < 1.29 is 0 Å². The number of hydrogen-bond acceptors (Lipinski definition) is 3. The van der Waals surface area contributed by atoms with Crippen LogP contribution in [0, 0.1) is 6.92 Å². The molecule has 14 heavy (non-hydrogen) atoms. The average molecular weight is 212 g/mol. The molecule has 3 nitrogen and oxygen atoms in total. The molecule has 0 amide bonds. The van der Waals surface area contributed by atoms with Gasteiger partial charge in [0.1, 0.15) is 0 Å². The van der Waals surface area contributed by atoms with Gasteiger partial charge in [0, 0.05) is 18.9 Å². The van der Waals surface area contributed by atoms with E-state index in [0.717, 1.165) is 37.1 Å². The van der Waals surface area contributed by atoms with Gasteiger partial charge in [-0.3, -0.25) is 4.57 Å². The number of aromatic nitrogens is 2. The number of rotatable bonds is 5. The zero-order valence-corrected chi connectivity index (χ0v) is 9.33. The van der Waals surface area contributed by atoms with Crippen molar-refractivity contribution in [2.24, 2.45) is 0 Å². The summed E-state index contributed by atoms with van der Waals surface area (Å²) in [5, 5.41) is 0. The van der Waals surface area contributed by atoms with E-state index >= 15 is 0 Å². The molecule has 4 heteroatoms. The third-order valence-electron chi connectivity index (χ3n) is 2.04. The summed E-state index contributed by atoms with van der Waals surface area (Å²) in [5.41, 5.74) is 0.875. The molecule has 78 valence electrons. The zero-order valence-electron chi connectivity index (χ0n) is 8.44. The molecule has 0 aromatic carbocycles. The van der Waals surface area contributed by atoms with E-state index in [9.17, 15) is 4.79 Å². The van der Waals surface area contributed by atoms with Crippen molar-refractivity contribution in [3.63, 3.8) is 0 Å². The Bertz CT molecular complexity index is 335. The van der Waals surface area contributed by atoms with E-state index in [0.29, 0.717) is 0 Å². The first kappa shape index (κ1) is 11.3. The van der Waals surface area contributed by atoms with E-state index < -0.39 is 0 Å². The first-order valence-corrected chi connectivity index (χ1v) is 5.51. The van der Waals surface area contributed by atoms with E-state index in [2.05, 4.69) is 17.6 Å². The van der Waals surface area contributed by atoms with Gasteiger partial charge in [-0.1, -0.05) is 6.42 Å². The maximum Gasteiger partial charge on any atom is 0.347 e. The third-order valence-corrected chi connectivity index (χ3v) is 2.36. The number of aryl methyl sites for hydroxylation is 2. The van der Waals surface area contributed by atoms with Gasteiger partial charge < -0.3 is 0 Å². The molecular formula is C10H16N2OS. The highest BCUT2D eigenvalue weighted by Gasteiger charge is 1.96. The highest BCUT2D eigenvalue weighted by molar-refractivity contribution is 7.80. The van der Waals surface area contributed by atoms with Crippen LogP contribution in [-0.2, 0) is 6.54 Å². The molecule has 0 N–H and O–H groups in total. The van der Waals surface area contributed by atoms with Gasteiger partial charge in [-0.15, -0.1) is 0 Å². The Morgan fingerprint density at radius 3 is 2.93 bits per heavy atom. The minimum atomic E-state index is -0.151. The average Bonchev–Trinajstić information content (AvgIpc) is 2.18. The van der Waals surface area contributed by atoms with Gasteiger partial charge >= 0.3 is 5.69 Å². The molecular weight excluding hydrogens is 196 g/mol. The first-order chi connectivity index (χ1) is 6.74. The Labute approximate surface area is 89.6 Å². The fourth-order valence-corrected chi connectivity index (χ4v) is 1.52. The van der Waals surface area contributed by atoms with Crippen LogP contribution < -0.4 is 5.69 Å². The number of unbranched alkanes of at least 4 members (excludes halogenated alkanes) is 2. The number of thiol groups is 1. The van der Waals surface area contributed by atoms with Gasteiger partial charge in [-0.05, 0) is 31.1 Å². The molecule has 1 heterocycles. The van der Waals surface area contributed by atoms with E-state index in [1.165, 1.54) is 0 Å². The minimum Gasteiger partial charge on any atom is -0.299 e. The molecule has 0 fully saturated rings. The smallest absolute Gasteiger partial charge is 0.299 e. The van der Waals surface area contributed by atoms with Gasteiger partial charge in [0.25, 0.3) is 0 Å². The normalized spacial score (nSPS) is 10.4. The van der Waals surface area contributed by atoms with Crippen LogP contribution in [0.3, 0.4) is 0 Å². The second-order valence-electron chi connectivity index (χ2n) is 3.39. The van der Waals surface area contributed by atoms with Crippen molar-refractivity contribution in [2.75, 3.05) is 5.75 Å². The molecule has 0 aliphatic heterocycles. The van der Waals surface area contributed by atoms with Gasteiger partial charge in [0.2, 0.25) is 0 Å². The van der Waals surface area contributed by atoms with Gasteiger partial charge in [-0.2, -0.15) is 12.6 Å². The molecule has 0 bridgehead atoms. The van der Waals surface area contributed by atoms with Crippen LogP contribution in [-0.4, -0.2) is 15.3 Å². The van der Waals surface area contributed by atoms with Gasteiger partial charge in [-0.25, -0.2) is 9.78 Å². The predicted molar refractivity (Wildman–Crippen MR) is 60.9 cm³/mol. The Kier molecular flexibility index (Phi) is 4.73. The summed E-state index contributed by atoms with van der Waals surface area (Å²) in [6.45, 7) is 2.71. The van der Waals surface area contributed by atoms with Crippen LogP contribution in [0.4, 0.5) is 0 Å². The summed E-state index contributed by atoms with van der Waals surface area (Å²) in [5.74, 6) is 0.918. The minimum absolute atomic E-state index is 0.151. The summed E-state index contributed by atoms with van der Waals surface area (Å²) in [6.07, 6.45) is 6.70. The third kappa shape index (κ3) is 3.54. The molecule has 0 atom stereocenters. The summed E-state index contributed by atoms with van der Waals surface area (Å²) < 4.78 is 1.67. The van der Waals surface area contributed by atoms with Crippen molar-refractivity contribution >= 4 is 12.6 Å². The maximum atomic E-state index is 11.3. The lowest BCUT2D eigenvalue weighted by molar-refractivity contribution is 0.576. The maximum absolute atomic E-state index is 11.3. The highest BCUT2D eigenvalue weighted by atomic mass is 32.1. The number of nitrogens with zero attached hydrogens (tertiary/aromatic N) is 2. The van der Waals surface area contributed by atoms with E-state index in [-0.39, 0.29) is 5.69 Å². The van der Waals surface area contributed by atoms with Crippen molar-refractivity contribution in [2.45, 2.75) is 32.7 Å². The van der Waals surface area contributed by atoms with Crippen LogP contribution >= 0.6 is 12.6 Å². The lowest BCUT2D eigenvalue weighted by atomic mass is 10.2. The highest BCUT2D eigenvalue weighted by Crippen LogP contribution is 1.99. The SMILES string of the molecule is Cc1cnc(=O)n(CCCCCS)c1. The Hall–Kier alpha value is -0.770. The van der Waals surface area contributed by atoms with Crippen molar-refractivity contribution in [3.05, 3.63) is 28.4 Å². The monoisotopic (exact) mass is 212 g/mol. The quantitative estimate of drug-likeness (QED) is 0.595. The lowest BCUT2D eigenvalue weighted by Crippen LogP contribution is -2.22.